The zero-order valence-electron chi connectivity index (χ0n) is 13.0. The van der Waals surface area contributed by atoms with Gasteiger partial charge in [0.25, 0.3) is 0 Å². The summed E-state index contributed by atoms with van der Waals surface area (Å²) in [6.45, 7) is 2.66. The highest BCUT2D eigenvalue weighted by Crippen LogP contribution is 2.25. The summed E-state index contributed by atoms with van der Waals surface area (Å²) in [6.07, 6.45) is 6.09. The minimum absolute atomic E-state index is 0.0681. The molecule has 3 rings (SSSR count). The van der Waals surface area contributed by atoms with Crippen LogP contribution in [0.5, 0.6) is 0 Å². The highest BCUT2D eigenvalue weighted by molar-refractivity contribution is 5.96. The van der Waals surface area contributed by atoms with Gasteiger partial charge in [-0.25, -0.2) is 14.4 Å². The van der Waals surface area contributed by atoms with Gasteiger partial charge in [-0.2, -0.15) is 0 Å². The number of aromatic nitrogens is 2. The molecule has 120 valence electrons. The Kier molecular flexibility index (Phi) is 5.08. The summed E-state index contributed by atoms with van der Waals surface area (Å²) in [5, 5.41) is 0. The van der Waals surface area contributed by atoms with Gasteiger partial charge in [-0.15, -0.1) is 0 Å². The number of carbonyl (C=O) groups is 1. The van der Waals surface area contributed by atoms with Crippen LogP contribution in [0, 0.1) is 5.82 Å². The third-order valence-electron chi connectivity index (χ3n) is 4.36. The van der Waals surface area contributed by atoms with Gasteiger partial charge in [0.05, 0.1) is 0 Å². The number of rotatable bonds is 5. The highest BCUT2D eigenvalue weighted by Gasteiger charge is 2.22. The first kappa shape index (κ1) is 15.7. The van der Waals surface area contributed by atoms with Crippen LogP contribution in [0.4, 0.5) is 4.39 Å². The smallest absolute Gasteiger partial charge is 0.164 e. The molecule has 0 radical (unpaired) electrons. The molecule has 1 aliphatic rings. The second kappa shape index (κ2) is 7.42. The number of nitrogens with zero attached hydrogens (tertiary/aromatic N) is 3. The molecule has 0 spiro atoms. The Morgan fingerprint density at radius 1 is 1.13 bits per heavy atom. The van der Waals surface area contributed by atoms with E-state index in [0.717, 1.165) is 38.3 Å². The summed E-state index contributed by atoms with van der Waals surface area (Å²) >= 11 is 0. The van der Waals surface area contributed by atoms with Crippen molar-refractivity contribution in [3.63, 3.8) is 0 Å². The van der Waals surface area contributed by atoms with E-state index in [9.17, 15) is 9.18 Å². The zero-order valence-corrected chi connectivity index (χ0v) is 13.0. The van der Waals surface area contributed by atoms with Gasteiger partial charge in [0, 0.05) is 36.8 Å². The molecule has 1 fully saturated rings. The Hall–Kier alpha value is -2.14. The summed E-state index contributed by atoms with van der Waals surface area (Å²) in [4.78, 5) is 23.1. The molecule has 1 aromatic heterocycles. The van der Waals surface area contributed by atoms with Crippen LogP contribution in [0.25, 0.3) is 0 Å². The van der Waals surface area contributed by atoms with Gasteiger partial charge in [-0.05, 0) is 56.3 Å². The normalized spacial score (nSPS) is 16.4. The zero-order chi connectivity index (χ0) is 16.1. The molecule has 0 N–H and O–H groups in total. The van der Waals surface area contributed by atoms with Crippen molar-refractivity contribution in [2.75, 3.05) is 19.6 Å². The first-order valence-electron chi connectivity index (χ1n) is 8.00. The molecule has 2 heterocycles. The van der Waals surface area contributed by atoms with E-state index in [1.54, 1.807) is 24.5 Å². The van der Waals surface area contributed by atoms with Gasteiger partial charge >= 0.3 is 0 Å². The molecule has 0 atom stereocenters. The molecule has 0 bridgehead atoms. The average molecular weight is 313 g/mol. The van der Waals surface area contributed by atoms with E-state index < -0.39 is 0 Å². The van der Waals surface area contributed by atoms with E-state index in [1.807, 2.05) is 6.07 Å². The molecule has 0 unspecified atom stereocenters. The first-order valence-corrected chi connectivity index (χ1v) is 8.00. The van der Waals surface area contributed by atoms with Crippen molar-refractivity contribution < 1.29 is 9.18 Å². The lowest BCUT2D eigenvalue weighted by molar-refractivity contribution is 0.0956. The van der Waals surface area contributed by atoms with Crippen LogP contribution < -0.4 is 0 Å². The van der Waals surface area contributed by atoms with Crippen LogP contribution in [-0.2, 0) is 0 Å². The van der Waals surface area contributed by atoms with Crippen molar-refractivity contribution in [2.45, 2.75) is 25.2 Å². The van der Waals surface area contributed by atoms with E-state index in [-0.39, 0.29) is 11.6 Å². The maximum Gasteiger partial charge on any atom is 0.164 e. The third-order valence-corrected chi connectivity index (χ3v) is 4.36. The van der Waals surface area contributed by atoms with Gasteiger partial charge in [0.2, 0.25) is 0 Å². The molecule has 0 amide bonds. The van der Waals surface area contributed by atoms with Crippen molar-refractivity contribution >= 4 is 5.78 Å². The van der Waals surface area contributed by atoms with Gasteiger partial charge < -0.3 is 4.90 Å². The number of piperidine rings is 1. The van der Waals surface area contributed by atoms with Gasteiger partial charge in [0.15, 0.2) is 5.78 Å². The predicted molar refractivity (Wildman–Crippen MR) is 85.8 cm³/mol. The van der Waals surface area contributed by atoms with Crippen LogP contribution in [0.15, 0.2) is 42.7 Å². The number of hydrogen-bond donors (Lipinski definition) is 0. The number of likely N-dealkylation sites (tertiary alicyclic amines) is 1. The van der Waals surface area contributed by atoms with E-state index in [4.69, 9.17) is 0 Å². The summed E-state index contributed by atoms with van der Waals surface area (Å²) in [5.74, 6) is 1.10. The Bertz CT molecular complexity index is 637. The molecule has 23 heavy (non-hydrogen) atoms. The first-order chi connectivity index (χ1) is 11.2. The van der Waals surface area contributed by atoms with Crippen LogP contribution >= 0.6 is 0 Å². The van der Waals surface area contributed by atoms with Crippen LogP contribution in [-0.4, -0.2) is 40.3 Å². The van der Waals surface area contributed by atoms with Gasteiger partial charge in [0.1, 0.15) is 11.6 Å². The fraction of sp³-hybridized carbons (Fsp3) is 0.389. The standard InChI is InChI=1S/C18H20FN3O/c19-16-4-2-14(3-5-16)17(23)8-13-22-11-6-15(7-12-22)18-20-9-1-10-21-18/h1-5,9-10,15H,6-8,11-13H2. The van der Waals surface area contributed by atoms with E-state index in [1.165, 1.54) is 12.1 Å². The number of Topliss-reactive ketones (excluding diaryl/α,β-unsaturated/α-hetero) is 1. The monoisotopic (exact) mass is 313 g/mol. The minimum Gasteiger partial charge on any atom is -0.303 e. The SMILES string of the molecule is O=C(CCN1CCC(c2ncccn2)CC1)c1ccc(F)cc1. The maximum absolute atomic E-state index is 12.9. The Labute approximate surface area is 135 Å². The van der Waals surface area contributed by atoms with Crippen molar-refractivity contribution in [3.05, 3.63) is 59.9 Å². The van der Waals surface area contributed by atoms with Crippen LogP contribution in [0.3, 0.4) is 0 Å². The molecule has 1 aliphatic heterocycles. The summed E-state index contributed by atoms with van der Waals surface area (Å²) < 4.78 is 12.9. The van der Waals surface area contributed by atoms with E-state index in [0.29, 0.717) is 17.9 Å². The van der Waals surface area contributed by atoms with E-state index >= 15 is 0 Å². The number of hydrogen-bond acceptors (Lipinski definition) is 4. The largest absolute Gasteiger partial charge is 0.303 e. The Morgan fingerprint density at radius 2 is 1.78 bits per heavy atom. The lowest BCUT2D eigenvalue weighted by Gasteiger charge is -2.30. The predicted octanol–water partition coefficient (Wildman–Crippen LogP) is 3.07. The fourth-order valence-electron chi connectivity index (χ4n) is 2.98. The van der Waals surface area contributed by atoms with Crippen molar-refractivity contribution in [1.82, 2.24) is 14.9 Å². The van der Waals surface area contributed by atoms with Gasteiger partial charge in [-0.3, -0.25) is 4.79 Å². The van der Waals surface area contributed by atoms with Crippen molar-refractivity contribution in [3.8, 4) is 0 Å². The molecular formula is C18H20FN3O. The van der Waals surface area contributed by atoms with Crippen LogP contribution in [0.1, 0.15) is 41.4 Å². The lowest BCUT2D eigenvalue weighted by Crippen LogP contribution is -2.34. The minimum atomic E-state index is -0.313. The number of ketones is 1. The number of halogens is 1. The molecule has 0 saturated carbocycles. The average Bonchev–Trinajstić information content (AvgIpc) is 2.61. The summed E-state index contributed by atoms with van der Waals surface area (Å²) in [5.41, 5.74) is 0.582. The van der Waals surface area contributed by atoms with Crippen molar-refractivity contribution in [2.24, 2.45) is 0 Å². The molecule has 1 saturated heterocycles. The van der Waals surface area contributed by atoms with Crippen LogP contribution in [0.2, 0.25) is 0 Å². The molecule has 4 nitrogen and oxygen atoms in total. The molecule has 0 aliphatic carbocycles. The molecular weight excluding hydrogens is 293 g/mol. The number of carbonyl (C=O) groups excluding carboxylic acids is 1. The Morgan fingerprint density at radius 3 is 2.43 bits per heavy atom. The second-order valence-corrected chi connectivity index (χ2v) is 5.90. The lowest BCUT2D eigenvalue weighted by atomic mass is 9.95. The molecule has 5 heteroatoms. The van der Waals surface area contributed by atoms with Crippen molar-refractivity contribution in [1.29, 1.82) is 0 Å². The quantitative estimate of drug-likeness (QED) is 0.796. The maximum atomic E-state index is 12.9. The Balaban J connectivity index is 1.46. The molecule has 1 aromatic carbocycles. The molecule has 2 aromatic rings. The summed E-state index contributed by atoms with van der Waals surface area (Å²) in [6, 6.07) is 7.60. The number of benzene rings is 1. The van der Waals surface area contributed by atoms with Gasteiger partial charge in [-0.1, -0.05) is 0 Å². The topological polar surface area (TPSA) is 46.1 Å². The fourth-order valence-corrected chi connectivity index (χ4v) is 2.98. The second-order valence-electron chi connectivity index (χ2n) is 5.90. The highest BCUT2D eigenvalue weighted by atomic mass is 19.1. The van der Waals surface area contributed by atoms with E-state index in [2.05, 4.69) is 14.9 Å². The summed E-state index contributed by atoms with van der Waals surface area (Å²) in [7, 11) is 0. The third kappa shape index (κ3) is 4.20.